The van der Waals surface area contributed by atoms with E-state index in [4.69, 9.17) is 4.74 Å². The molecule has 0 spiro atoms. The molecule has 0 radical (unpaired) electrons. The molecule has 2 rings (SSSR count). The Morgan fingerprint density at radius 3 is 2.34 bits per heavy atom. The Kier molecular flexibility index (Phi) is 6.93. The predicted molar refractivity (Wildman–Crippen MR) is 109 cm³/mol. The Hall–Kier alpha value is -3.41. The summed E-state index contributed by atoms with van der Waals surface area (Å²) in [5.74, 6) is -2.68. The molecule has 0 fully saturated rings. The van der Waals surface area contributed by atoms with E-state index in [2.05, 4.69) is 6.58 Å². The molecule has 1 atom stereocenters. The van der Waals surface area contributed by atoms with E-state index < -0.39 is 35.1 Å². The fourth-order valence-electron chi connectivity index (χ4n) is 2.87. The summed E-state index contributed by atoms with van der Waals surface area (Å²) in [6.07, 6.45) is 5.31. The Balaban J connectivity index is 2.38. The van der Waals surface area contributed by atoms with Crippen molar-refractivity contribution >= 4 is 17.5 Å². The van der Waals surface area contributed by atoms with Crippen LogP contribution in [0, 0.1) is 0 Å². The van der Waals surface area contributed by atoms with Gasteiger partial charge in [0.1, 0.15) is 17.6 Å². The van der Waals surface area contributed by atoms with Crippen LogP contribution in [0.5, 0.6) is 11.5 Å². The van der Waals surface area contributed by atoms with E-state index in [1.807, 2.05) is 13.8 Å². The zero-order chi connectivity index (χ0) is 21.7. The van der Waals surface area contributed by atoms with Crippen LogP contribution in [0.3, 0.4) is 0 Å². The quantitative estimate of drug-likeness (QED) is 0.310. The van der Waals surface area contributed by atoms with Crippen LogP contribution < -0.4 is 0 Å². The summed E-state index contributed by atoms with van der Waals surface area (Å²) in [6.45, 7) is 9.21. The van der Waals surface area contributed by atoms with Crippen molar-refractivity contribution in [1.29, 1.82) is 0 Å². The van der Waals surface area contributed by atoms with Gasteiger partial charge in [0, 0.05) is 12.0 Å². The number of ketones is 2. The molecule has 1 aliphatic rings. The number of hydrogen-bond donors (Lipinski definition) is 2. The number of carbonyl (C=O) groups is 3. The van der Waals surface area contributed by atoms with Gasteiger partial charge in [-0.15, -0.1) is 0 Å². The monoisotopic (exact) mass is 396 g/mol. The minimum absolute atomic E-state index is 0.0176. The van der Waals surface area contributed by atoms with Crippen molar-refractivity contribution in [2.45, 2.75) is 39.7 Å². The maximum atomic E-state index is 13.0. The Morgan fingerprint density at radius 2 is 1.76 bits per heavy atom. The largest absolute Gasteiger partial charge is 0.507 e. The molecule has 6 nitrogen and oxygen atoms in total. The lowest BCUT2D eigenvalue weighted by Gasteiger charge is -2.23. The molecule has 0 aliphatic heterocycles. The first-order valence-corrected chi connectivity index (χ1v) is 9.12. The molecule has 0 bridgehead atoms. The second-order valence-electron chi connectivity index (χ2n) is 7.10. The average Bonchev–Trinajstić information content (AvgIpc) is 2.63. The van der Waals surface area contributed by atoms with Gasteiger partial charge in [0.25, 0.3) is 0 Å². The second kappa shape index (κ2) is 9.19. The van der Waals surface area contributed by atoms with Gasteiger partial charge >= 0.3 is 5.97 Å². The molecule has 1 aromatic carbocycles. The lowest BCUT2D eigenvalue weighted by molar-refractivity contribution is -0.146. The summed E-state index contributed by atoms with van der Waals surface area (Å²) in [6, 6.07) is 2.29. The van der Waals surface area contributed by atoms with Crippen LogP contribution in [0.2, 0.25) is 0 Å². The minimum atomic E-state index is -0.998. The molecule has 0 saturated heterocycles. The van der Waals surface area contributed by atoms with Crippen LogP contribution in [-0.2, 0) is 9.53 Å². The van der Waals surface area contributed by atoms with Gasteiger partial charge in [-0.2, -0.15) is 0 Å². The first-order chi connectivity index (χ1) is 13.6. The molecule has 0 saturated carbocycles. The Bertz CT molecular complexity index is 958. The summed E-state index contributed by atoms with van der Waals surface area (Å²) in [5, 5.41) is 20.0. The van der Waals surface area contributed by atoms with Crippen molar-refractivity contribution in [2.24, 2.45) is 0 Å². The minimum Gasteiger partial charge on any atom is -0.507 e. The molecule has 0 heterocycles. The summed E-state index contributed by atoms with van der Waals surface area (Å²) in [7, 11) is 0. The maximum absolute atomic E-state index is 13.0. The standard InChI is InChI=1S/C23H24O6/c1-13(2)6-5-7-20(27)29-19(11-8-14(3)4)15-12-18(26)21-16(24)9-10-17(25)22(21)23(15)28/h5-6,8-10,12,19,24-25H,1,7,11H2,2-4H3. The van der Waals surface area contributed by atoms with E-state index in [1.54, 1.807) is 25.2 Å². The van der Waals surface area contributed by atoms with Gasteiger partial charge in [0.15, 0.2) is 11.6 Å². The number of aromatic hydroxyl groups is 2. The lowest BCUT2D eigenvalue weighted by atomic mass is 9.85. The normalized spacial score (nSPS) is 14.2. The summed E-state index contributed by atoms with van der Waals surface area (Å²) >= 11 is 0. The molecule has 2 N–H and O–H groups in total. The molecule has 29 heavy (non-hydrogen) atoms. The summed E-state index contributed by atoms with van der Waals surface area (Å²) in [5.41, 5.74) is 1.15. The van der Waals surface area contributed by atoms with E-state index >= 15 is 0 Å². The third-order valence-electron chi connectivity index (χ3n) is 4.23. The van der Waals surface area contributed by atoms with Crippen LogP contribution >= 0.6 is 0 Å². The van der Waals surface area contributed by atoms with Crippen LogP contribution in [-0.4, -0.2) is 33.9 Å². The van der Waals surface area contributed by atoms with Crippen molar-refractivity contribution < 1.29 is 29.3 Å². The third-order valence-corrected chi connectivity index (χ3v) is 4.23. The maximum Gasteiger partial charge on any atom is 0.310 e. The van der Waals surface area contributed by atoms with Gasteiger partial charge in [-0.3, -0.25) is 14.4 Å². The number of Topliss-reactive ketones (excluding diaryl/α,β-unsaturated/α-hetero) is 1. The van der Waals surface area contributed by atoms with Crippen LogP contribution in [0.4, 0.5) is 0 Å². The molecular formula is C23H24O6. The van der Waals surface area contributed by atoms with Crippen molar-refractivity contribution in [2.75, 3.05) is 0 Å². The fraction of sp³-hybridized carbons (Fsp3) is 0.261. The number of phenols is 2. The van der Waals surface area contributed by atoms with Crippen molar-refractivity contribution in [1.82, 2.24) is 0 Å². The SMILES string of the molecule is C=C(C)C=CCC(=O)OC(CC=C(C)C)C1=CC(=O)c2c(O)ccc(O)c2C1=O. The van der Waals surface area contributed by atoms with Gasteiger partial charge in [0.2, 0.25) is 0 Å². The number of fused-ring (bicyclic) bond motifs is 1. The highest BCUT2D eigenvalue weighted by Crippen LogP contribution is 2.36. The highest BCUT2D eigenvalue weighted by molar-refractivity contribution is 6.27. The number of esters is 1. The molecule has 1 unspecified atom stereocenters. The molecule has 1 aromatic rings. The number of phenolic OH excluding ortho intramolecular Hbond substituents is 2. The van der Waals surface area contributed by atoms with Crippen molar-refractivity contribution in [3.8, 4) is 11.5 Å². The summed E-state index contributed by atoms with van der Waals surface area (Å²) < 4.78 is 5.48. The van der Waals surface area contributed by atoms with E-state index in [9.17, 15) is 24.6 Å². The molecule has 0 amide bonds. The van der Waals surface area contributed by atoms with Gasteiger partial charge in [-0.05, 0) is 39.0 Å². The average molecular weight is 396 g/mol. The number of carbonyl (C=O) groups excluding carboxylic acids is 3. The van der Waals surface area contributed by atoms with Crippen LogP contribution in [0.15, 0.2) is 59.7 Å². The zero-order valence-corrected chi connectivity index (χ0v) is 16.7. The molecular weight excluding hydrogens is 372 g/mol. The predicted octanol–water partition coefficient (Wildman–Crippen LogP) is 4.19. The van der Waals surface area contributed by atoms with Gasteiger partial charge in [-0.1, -0.05) is 36.0 Å². The third kappa shape index (κ3) is 5.31. The van der Waals surface area contributed by atoms with Crippen LogP contribution in [0.25, 0.3) is 0 Å². The van der Waals surface area contributed by atoms with Gasteiger partial charge in [0.05, 0.1) is 17.5 Å². The highest BCUT2D eigenvalue weighted by atomic mass is 16.5. The molecule has 1 aliphatic carbocycles. The first kappa shape index (κ1) is 21.9. The zero-order valence-electron chi connectivity index (χ0n) is 16.7. The van der Waals surface area contributed by atoms with Crippen LogP contribution in [0.1, 0.15) is 54.3 Å². The van der Waals surface area contributed by atoms with Gasteiger partial charge in [-0.25, -0.2) is 0 Å². The number of benzene rings is 1. The number of allylic oxidation sites excluding steroid dienone is 4. The Labute approximate surface area is 169 Å². The first-order valence-electron chi connectivity index (χ1n) is 9.12. The lowest BCUT2D eigenvalue weighted by Crippen LogP contribution is -2.29. The summed E-state index contributed by atoms with van der Waals surface area (Å²) in [4.78, 5) is 37.7. The number of hydrogen-bond acceptors (Lipinski definition) is 6. The van der Waals surface area contributed by atoms with E-state index in [0.29, 0.717) is 0 Å². The molecule has 152 valence electrons. The molecule has 0 aromatic heterocycles. The fourth-order valence-corrected chi connectivity index (χ4v) is 2.87. The van der Waals surface area contributed by atoms with Gasteiger partial charge < -0.3 is 14.9 Å². The van der Waals surface area contributed by atoms with E-state index in [1.165, 1.54) is 0 Å². The van der Waals surface area contributed by atoms with E-state index in [-0.39, 0.29) is 29.5 Å². The highest BCUT2D eigenvalue weighted by Gasteiger charge is 2.35. The molecule has 6 heteroatoms. The van der Waals surface area contributed by atoms with Crippen molar-refractivity contribution in [3.63, 3.8) is 0 Å². The smallest absolute Gasteiger partial charge is 0.310 e. The Morgan fingerprint density at radius 1 is 1.14 bits per heavy atom. The topological polar surface area (TPSA) is 101 Å². The van der Waals surface area contributed by atoms with Crippen molar-refractivity contribution in [3.05, 3.63) is 70.9 Å². The number of ether oxygens (including phenoxy) is 1. The second-order valence-corrected chi connectivity index (χ2v) is 7.10. The number of rotatable bonds is 7. The van der Waals surface area contributed by atoms with E-state index in [0.717, 1.165) is 29.4 Å².